The Kier molecular flexibility index (Phi) is 6.16. The summed E-state index contributed by atoms with van der Waals surface area (Å²) in [7, 11) is -3.48. The third-order valence-corrected chi connectivity index (χ3v) is 7.95. The topological polar surface area (TPSA) is 62.3 Å². The number of anilines is 1. The lowest BCUT2D eigenvalue weighted by Crippen LogP contribution is -2.38. The van der Waals surface area contributed by atoms with E-state index in [1.807, 2.05) is 6.07 Å². The van der Waals surface area contributed by atoms with Crippen molar-refractivity contribution >= 4 is 38.5 Å². The van der Waals surface area contributed by atoms with E-state index in [4.69, 9.17) is 11.6 Å². The van der Waals surface area contributed by atoms with E-state index in [9.17, 15) is 8.42 Å². The second-order valence-electron chi connectivity index (χ2n) is 8.01. The first-order valence-corrected chi connectivity index (χ1v) is 12.7. The van der Waals surface area contributed by atoms with Crippen LogP contribution >= 0.6 is 22.9 Å². The molecule has 0 bridgehead atoms. The molecular formula is C22H24ClN3O2S2. The van der Waals surface area contributed by atoms with Crippen molar-refractivity contribution in [1.82, 2.24) is 9.88 Å². The standard InChI is InChI=1S/C22H24ClN3O2S2/c1-22(9-10-26(15-22)12-17-5-3-2-4-6-17)25-21-8-7-19(11-20(21)23)30(27,28)14-18-13-29-16-24-18/h2-8,11,13,16,25H,9-10,12,14-15H2,1H3/t22-/m0/s1. The summed E-state index contributed by atoms with van der Waals surface area (Å²) in [5, 5.41) is 5.71. The lowest BCUT2D eigenvalue weighted by atomic mass is 10.0. The van der Waals surface area contributed by atoms with E-state index in [0.29, 0.717) is 10.7 Å². The minimum absolute atomic E-state index is 0.119. The quantitative estimate of drug-likeness (QED) is 0.545. The SMILES string of the molecule is C[C@]1(Nc2ccc(S(=O)(=O)Cc3cscn3)cc2Cl)CCN(Cc2ccccc2)C1. The highest BCUT2D eigenvalue weighted by Crippen LogP contribution is 2.32. The van der Waals surface area contributed by atoms with Gasteiger partial charge in [0.25, 0.3) is 0 Å². The molecule has 1 aliphatic heterocycles. The van der Waals surface area contributed by atoms with E-state index in [2.05, 4.69) is 46.4 Å². The van der Waals surface area contributed by atoms with Crippen LogP contribution in [0.25, 0.3) is 0 Å². The molecule has 0 amide bonds. The Hall–Kier alpha value is -1.93. The molecule has 2 heterocycles. The number of nitrogens with zero attached hydrogens (tertiary/aromatic N) is 2. The molecule has 0 aliphatic carbocycles. The molecular weight excluding hydrogens is 438 g/mol. The van der Waals surface area contributed by atoms with Gasteiger partial charge in [-0.3, -0.25) is 4.90 Å². The van der Waals surface area contributed by atoms with Crippen LogP contribution in [0.15, 0.2) is 64.3 Å². The summed E-state index contributed by atoms with van der Waals surface area (Å²) in [5.41, 5.74) is 4.12. The Labute approximate surface area is 186 Å². The first kappa shape index (κ1) is 21.3. The third-order valence-electron chi connectivity index (χ3n) is 5.36. The molecule has 1 atom stereocenters. The van der Waals surface area contributed by atoms with E-state index in [-0.39, 0.29) is 16.2 Å². The highest BCUT2D eigenvalue weighted by molar-refractivity contribution is 7.90. The van der Waals surface area contributed by atoms with E-state index in [1.54, 1.807) is 23.0 Å². The Balaban J connectivity index is 1.43. The molecule has 0 unspecified atom stereocenters. The van der Waals surface area contributed by atoms with Crippen LogP contribution in [-0.4, -0.2) is 36.9 Å². The third kappa shape index (κ3) is 5.03. The van der Waals surface area contributed by atoms with Gasteiger partial charge in [0.2, 0.25) is 0 Å². The van der Waals surface area contributed by atoms with Crippen molar-refractivity contribution in [2.45, 2.75) is 36.1 Å². The summed E-state index contributed by atoms with van der Waals surface area (Å²) in [6, 6.07) is 15.4. The number of likely N-dealkylation sites (tertiary alicyclic amines) is 1. The van der Waals surface area contributed by atoms with Crippen molar-refractivity contribution in [2.75, 3.05) is 18.4 Å². The maximum absolute atomic E-state index is 12.7. The summed E-state index contributed by atoms with van der Waals surface area (Å²) >= 11 is 7.85. The predicted molar refractivity (Wildman–Crippen MR) is 123 cm³/mol. The van der Waals surface area contributed by atoms with Gasteiger partial charge >= 0.3 is 0 Å². The van der Waals surface area contributed by atoms with Crippen molar-refractivity contribution in [3.05, 3.63) is 75.7 Å². The van der Waals surface area contributed by atoms with Gasteiger partial charge in [-0.1, -0.05) is 41.9 Å². The zero-order valence-corrected chi connectivity index (χ0v) is 19.1. The lowest BCUT2D eigenvalue weighted by Gasteiger charge is -2.28. The molecule has 1 fully saturated rings. The monoisotopic (exact) mass is 461 g/mol. The minimum Gasteiger partial charge on any atom is -0.377 e. The van der Waals surface area contributed by atoms with Crippen LogP contribution in [0.2, 0.25) is 5.02 Å². The highest BCUT2D eigenvalue weighted by Gasteiger charge is 2.34. The Morgan fingerprint density at radius 2 is 2.03 bits per heavy atom. The van der Waals surface area contributed by atoms with Crippen LogP contribution in [0, 0.1) is 0 Å². The fraction of sp³-hybridized carbons (Fsp3) is 0.318. The molecule has 1 aliphatic rings. The summed E-state index contributed by atoms with van der Waals surface area (Å²) in [6.45, 7) is 4.99. The molecule has 1 aromatic heterocycles. The number of nitrogens with one attached hydrogen (secondary N) is 1. The van der Waals surface area contributed by atoms with Gasteiger partial charge in [-0.15, -0.1) is 11.3 Å². The Bertz CT molecular complexity index is 1100. The van der Waals surface area contributed by atoms with Crippen molar-refractivity contribution < 1.29 is 8.42 Å². The number of halogens is 1. The molecule has 1 saturated heterocycles. The van der Waals surface area contributed by atoms with Gasteiger partial charge in [-0.05, 0) is 37.1 Å². The smallest absolute Gasteiger partial charge is 0.184 e. The highest BCUT2D eigenvalue weighted by atomic mass is 35.5. The first-order chi connectivity index (χ1) is 14.3. The fourth-order valence-corrected chi connectivity index (χ4v) is 6.08. The molecule has 0 saturated carbocycles. The number of rotatable bonds is 7. The lowest BCUT2D eigenvalue weighted by molar-refractivity contribution is 0.315. The fourth-order valence-electron chi connectivity index (χ4n) is 3.84. The number of benzene rings is 2. The largest absolute Gasteiger partial charge is 0.377 e. The molecule has 8 heteroatoms. The van der Waals surface area contributed by atoms with Crippen LogP contribution in [0.3, 0.4) is 0 Å². The zero-order chi connectivity index (χ0) is 21.2. The second kappa shape index (κ2) is 8.67. The average Bonchev–Trinajstić information content (AvgIpc) is 3.34. The zero-order valence-electron chi connectivity index (χ0n) is 16.7. The van der Waals surface area contributed by atoms with Crippen LogP contribution in [0.5, 0.6) is 0 Å². The summed E-state index contributed by atoms with van der Waals surface area (Å²) < 4.78 is 25.3. The number of hydrogen-bond acceptors (Lipinski definition) is 6. The minimum atomic E-state index is -3.48. The van der Waals surface area contributed by atoms with E-state index in [0.717, 1.165) is 31.7 Å². The second-order valence-corrected chi connectivity index (χ2v) is 11.1. The normalized spacial score (nSPS) is 19.8. The van der Waals surface area contributed by atoms with Crippen LogP contribution in [0.4, 0.5) is 5.69 Å². The predicted octanol–water partition coefficient (Wildman–Crippen LogP) is 4.85. The van der Waals surface area contributed by atoms with Gasteiger partial charge in [-0.2, -0.15) is 0 Å². The summed E-state index contributed by atoms with van der Waals surface area (Å²) in [5.74, 6) is -0.119. The van der Waals surface area contributed by atoms with Crippen LogP contribution < -0.4 is 5.32 Å². The molecule has 0 radical (unpaired) electrons. The van der Waals surface area contributed by atoms with Gasteiger partial charge in [0.15, 0.2) is 9.84 Å². The number of aromatic nitrogens is 1. The summed E-state index contributed by atoms with van der Waals surface area (Å²) in [6.07, 6.45) is 0.986. The van der Waals surface area contributed by atoms with E-state index >= 15 is 0 Å². The number of hydrogen-bond donors (Lipinski definition) is 1. The van der Waals surface area contributed by atoms with Gasteiger partial charge in [-0.25, -0.2) is 13.4 Å². The molecule has 2 aromatic carbocycles. The molecule has 1 N–H and O–H groups in total. The Morgan fingerprint density at radius 1 is 1.23 bits per heavy atom. The molecule has 158 valence electrons. The van der Waals surface area contributed by atoms with Gasteiger partial charge in [0, 0.05) is 30.6 Å². The number of sulfone groups is 1. The molecule has 5 nitrogen and oxygen atoms in total. The van der Waals surface area contributed by atoms with Crippen molar-refractivity contribution in [2.24, 2.45) is 0 Å². The van der Waals surface area contributed by atoms with Crippen molar-refractivity contribution in [1.29, 1.82) is 0 Å². The molecule has 3 aromatic rings. The molecule has 4 rings (SSSR count). The maximum Gasteiger partial charge on any atom is 0.184 e. The maximum atomic E-state index is 12.7. The van der Waals surface area contributed by atoms with Gasteiger partial charge in [0.05, 0.1) is 32.6 Å². The Morgan fingerprint density at radius 3 is 2.73 bits per heavy atom. The van der Waals surface area contributed by atoms with E-state index < -0.39 is 9.84 Å². The van der Waals surface area contributed by atoms with Gasteiger partial charge < -0.3 is 5.32 Å². The van der Waals surface area contributed by atoms with Gasteiger partial charge in [0.1, 0.15) is 0 Å². The summed E-state index contributed by atoms with van der Waals surface area (Å²) in [4.78, 5) is 6.71. The van der Waals surface area contributed by atoms with Crippen molar-refractivity contribution in [3.8, 4) is 0 Å². The van der Waals surface area contributed by atoms with Crippen LogP contribution in [-0.2, 0) is 22.1 Å². The van der Waals surface area contributed by atoms with E-state index in [1.165, 1.54) is 23.0 Å². The molecule has 0 spiro atoms. The number of thiazole rings is 1. The molecule has 30 heavy (non-hydrogen) atoms. The average molecular weight is 462 g/mol. The van der Waals surface area contributed by atoms with Crippen LogP contribution in [0.1, 0.15) is 24.6 Å². The first-order valence-electron chi connectivity index (χ1n) is 9.77. The van der Waals surface area contributed by atoms with Crippen molar-refractivity contribution in [3.63, 3.8) is 0 Å².